The van der Waals surface area contributed by atoms with E-state index in [2.05, 4.69) is 0 Å². The zero-order valence-corrected chi connectivity index (χ0v) is 9.91. The lowest BCUT2D eigenvalue weighted by molar-refractivity contribution is 0.0522. The molecule has 88 valence electrons. The van der Waals surface area contributed by atoms with Crippen LogP contribution in [0.5, 0.6) is 5.06 Å². The van der Waals surface area contributed by atoms with E-state index in [0.29, 0.717) is 10.1 Å². The molecule has 0 spiro atoms. The number of carbonyl (C=O) groups is 1. The standard InChI is InChI=1S/C12H10O4S/c1-2-16-11(14)9-10(13)7-5-3-4-6-8(7)17-12(9)15/h3-6,15H,2H2,1H3. The summed E-state index contributed by atoms with van der Waals surface area (Å²) < 4.78 is 5.39. The molecular weight excluding hydrogens is 240 g/mol. The van der Waals surface area contributed by atoms with E-state index in [1.807, 2.05) is 0 Å². The molecule has 1 heterocycles. The number of carbonyl (C=O) groups excluding carboxylic acids is 1. The summed E-state index contributed by atoms with van der Waals surface area (Å²) in [7, 11) is 0. The Morgan fingerprint density at radius 1 is 1.41 bits per heavy atom. The molecule has 2 aromatic rings. The lowest BCUT2D eigenvalue weighted by atomic mass is 10.2. The fraction of sp³-hybridized carbons (Fsp3) is 0.167. The maximum atomic E-state index is 12.0. The molecule has 0 aliphatic heterocycles. The first-order valence-corrected chi connectivity index (χ1v) is 5.88. The fourth-order valence-electron chi connectivity index (χ4n) is 1.51. The molecular formula is C12H10O4S. The Morgan fingerprint density at radius 2 is 2.12 bits per heavy atom. The van der Waals surface area contributed by atoms with Gasteiger partial charge in [0, 0.05) is 10.1 Å². The minimum absolute atomic E-state index is 0.162. The number of ether oxygens (including phenoxy) is 1. The Bertz CT molecular complexity index is 630. The molecule has 0 saturated heterocycles. The molecule has 0 saturated carbocycles. The molecule has 0 aliphatic carbocycles. The van der Waals surface area contributed by atoms with E-state index in [0.717, 1.165) is 11.3 Å². The molecule has 1 aromatic heterocycles. The van der Waals surface area contributed by atoms with Gasteiger partial charge in [-0.05, 0) is 19.1 Å². The second-order valence-electron chi connectivity index (χ2n) is 3.33. The van der Waals surface area contributed by atoms with Crippen molar-refractivity contribution in [2.45, 2.75) is 6.92 Å². The number of hydrogen-bond donors (Lipinski definition) is 1. The van der Waals surface area contributed by atoms with Gasteiger partial charge in [-0.1, -0.05) is 23.5 Å². The Balaban J connectivity index is 2.72. The maximum absolute atomic E-state index is 12.0. The van der Waals surface area contributed by atoms with E-state index in [1.54, 1.807) is 31.2 Å². The quantitative estimate of drug-likeness (QED) is 0.829. The summed E-state index contributed by atoms with van der Waals surface area (Å²) >= 11 is 0.991. The van der Waals surface area contributed by atoms with Crippen molar-refractivity contribution < 1.29 is 14.6 Å². The number of benzene rings is 1. The van der Waals surface area contributed by atoms with Crippen molar-refractivity contribution in [3.05, 3.63) is 40.1 Å². The minimum Gasteiger partial charge on any atom is -0.499 e. The second kappa shape index (κ2) is 4.55. The van der Waals surface area contributed by atoms with Crippen LogP contribution in [0.3, 0.4) is 0 Å². The molecule has 2 rings (SSSR count). The first kappa shape index (κ1) is 11.6. The fourth-order valence-corrected chi connectivity index (χ4v) is 2.42. The van der Waals surface area contributed by atoms with Crippen LogP contribution in [0.4, 0.5) is 0 Å². The molecule has 0 bridgehead atoms. The van der Waals surface area contributed by atoms with Crippen LogP contribution in [0, 0.1) is 0 Å². The van der Waals surface area contributed by atoms with E-state index < -0.39 is 11.4 Å². The largest absolute Gasteiger partial charge is 0.499 e. The zero-order chi connectivity index (χ0) is 12.4. The van der Waals surface area contributed by atoms with Crippen molar-refractivity contribution in [2.75, 3.05) is 6.61 Å². The van der Waals surface area contributed by atoms with Crippen molar-refractivity contribution in [3.8, 4) is 5.06 Å². The highest BCUT2D eigenvalue weighted by Crippen LogP contribution is 2.27. The van der Waals surface area contributed by atoms with Crippen molar-refractivity contribution >= 4 is 27.4 Å². The van der Waals surface area contributed by atoms with Crippen LogP contribution >= 0.6 is 11.3 Å². The summed E-state index contributed by atoms with van der Waals surface area (Å²) in [5.41, 5.74) is -0.772. The molecule has 0 radical (unpaired) electrons. The van der Waals surface area contributed by atoms with E-state index in [1.165, 1.54) is 0 Å². The monoisotopic (exact) mass is 250 g/mol. The smallest absolute Gasteiger partial charge is 0.346 e. The van der Waals surface area contributed by atoms with Crippen LogP contribution in [0.25, 0.3) is 10.1 Å². The van der Waals surface area contributed by atoms with Crippen LogP contribution in [-0.4, -0.2) is 17.7 Å². The number of hydrogen-bond acceptors (Lipinski definition) is 5. The third kappa shape index (κ3) is 2.01. The second-order valence-corrected chi connectivity index (χ2v) is 4.36. The molecule has 1 N–H and O–H groups in total. The predicted octanol–water partition coefficient (Wildman–Crippen LogP) is 2.14. The van der Waals surface area contributed by atoms with Gasteiger partial charge in [0.2, 0.25) is 5.43 Å². The van der Waals surface area contributed by atoms with Crippen LogP contribution in [0.1, 0.15) is 17.3 Å². The van der Waals surface area contributed by atoms with Gasteiger partial charge in [0.05, 0.1) is 6.61 Å². The van der Waals surface area contributed by atoms with Gasteiger partial charge in [-0.25, -0.2) is 4.79 Å². The Morgan fingerprint density at radius 3 is 2.82 bits per heavy atom. The van der Waals surface area contributed by atoms with Crippen LogP contribution in [0.15, 0.2) is 29.1 Å². The highest BCUT2D eigenvalue weighted by Gasteiger charge is 2.19. The summed E-state index contributed by atoms with van der Waals surface area (Å²) in [6, 6.07) is 6.82. The van der Waals surface area contributed by atoms with Gasteiger partial charge in [0.15, 0.2) is 10.6 Å². The summed E-state index contributed by atoms with van der Waals surface area (Å²) in [5.74, 6) is -0.781. The third-order valence-electron chi connectivity index (χ3n) is 2.26. The topological polar surface area (TPSA) is 63.6 Å². The van der Waals surface area contributed by atoms with Gasteiger partial charge in [-0.15, -0.1) is 0 Å². The molecule has 4 nitrogen and oxygen atoms in total. The first-order chi connectivity index (χ1) is 8.15. The van der Waals surface area contributed by atoms with Gasteiger partial charge < -0.3 is 9.84 Å². The number of fused-ring (bicyclic) bond motifs is 1. The summed E-state index contributed by atoms with van der Waals surface area (Å²) in [4.78, 5) is 23.6. The van der Waals surface area contributed by atoms with Gasteiger partial charge in [-0.3, -0.25) is 4.79 Å². The highest BCUT2D eigenvalue weighted by molar-refractivity contribution is 7.20. The average Bonchev–Trinajstić information content (AvgIpc) is 2.29. The van der Waals surface area contributed by atoms with Crippen molar-refractivity contribution in [1.29, 1.82) is 0 Å². The lowest BCUT2D eigenvalue weighted by Crippen LogP contribution is -2.17. The van der Waals surface area contributed by atoms with Crippen LogP contribution in [0.2, 0.25) is 0 Å². The summed E-state index contributed by atoms with van der Waals surface area (Å²) in [6.45, 7) is 1.80. The predicted molar refractivity (Wildman–Crippen MR) is 65.7 cm³/mol. The first-order valence-electron chi connectivity index (χ1n) is 5.07. The van der Waals surface area contributed by atoms with Crippen LogP contribution in [-0.2, 0) is 4.74 Å². The van der Waals surface area contributed by atoms with Crippen LogP contribution < -0.4 is 5.43 Å². The normalized spacial score (nSPS) is 10.4. The minimum atomic E-state index is -0.781. The van der Waals surface area contributed by atoms with Gasteiger partial charge in [-0.2, -0.15) is 0 Å². The molecule has 0 atom stereocenters. The van der Waals surface area contributed by atoms with E-state index in [-0.39, 0.29) is 17.2 Å². The van der Waals surface area contributed by atoms with Crippen molar-refractivity contribution in [3.63, 3.8) is 0 Å². The van der Waals surface area contributed by atoms with E-state index in [9.17, 15) is 14.7 Å². The Labute approximate surface area is 101 Å². The molecule has 0 unspecified atom stereocenters. The van der Waals surface area contributed by atoms with E-state index in [4.69, 9.17) is 4.74 Å². The van der Waals surface area contributed by atoms with Gasteiger partial charge in [0.25, 0.3) is 0 Å². The van der Waals surface area contributed by atoms with Gasteiger partial charge in [0.1, 0.15) is 0 Å². The Kier molecular flexibility index (Phi) is 3.10. The molecule has 0 aliphatic rings. The molecule has 5 heteroatoms. The zero-order valence-electron chi connectivity index (χ0n) is 9.10. The molecule has 0 fully saturated rings. The van der Waals surface area contributed by atoms with Crippen molar-refractivity contribution in [1.82, 2.24) is 0 Å². The van der Waals surface area contributed by atoms with Gasteiger partial charge >= 0.3 is 5.97 Å². The number of aromatic hydroxyl groups is 1. The number of esters is 1. The molecule has 17 heavy (non-hydrogen) atoms. The SMILES string of the molecule is CCOC(=O)c1c(O)sc2ccccc2c1=O. The average molecular weight is 250 g/mol. The summed E-state index contributed by atoms with van der Waals surface area (Å²) in [5, 5.41) is 9.82. The third-order valence-corrected chi connectivity index (χ3v) is 3.23. The molecule has 1 aromatic carbocycles. The maximum Gasteiger partial charge on any atom is 0.346 e. The molecule has 0 amide bonds. The summed E-state index contributed by atoms with van der Waals surface area (Å²) in [6.07, 6.45) is 0. The lowest BCUT2D eigenvalue weighted by Gasteiger charge is -2.04. The highest BCUT2D eigenvalue weighted by atomic mass is 32.1. The van der Waals surface area contributed by atoms with Crippen molar-refractivity contribution in [2.24, 2.45) is 0 Å². The number of rotatable bonds is 2. The van der Waals surface area contributed by atoms with E-state index >= 15 is 0 Å². The Hall–Kier alpha value is -1.88.